The van der Waals surface area contributed by atoms with E-state index in [9.17, 15) is 18.0 Å². The van der Waals surface area contributed by atoms with E-state index in [1.54, 1.807) is 0 Å². The molecule has 0 spiro atoms. The third kappa shape index (κ3) is 3.62. The first kappa shape index (κ1) is 13.3. The highest BCUT2D eigenvalue weighted by atomic mass is 19.4. The topological polar surface area (TPSA) is 26.3 Å². The third-order valence-electron chi connectivity index (χ3n) is 2.17. The number of aryl methyl sites for hydroxylation is 1. The molecule has 0 aliphatic heterocycles. The van der Waals surface area contributed by atoms with Crippen molar-refractivity contribution in [3.8, 4) is 0 Å². The smallest absolute Gasteiger partial charge is 0.416 e. The molecule has 0 bridgehead atoms. The molecule has 92 valence electrons. The fourth-order valence-electron chi connectivity index (χ4n) is 1.34. The molecule has 0 aliphatic carbocycles. The molecular formula is C12H11F3O2. The van der Waals surface area contributed by atoms with Gasteiger partial charge in [0.05, 0.1) is 12.7 Å². The molecule has 0 atom stereocenters. The van der Waals surface area contributed by atoms with Crippen molar-refractivity contribution in [3.05, 3.63) is 41.0 Å². The SMILES string of the molecule is COC(=O)/C=C/c1ccc(C(F)(F)F)c(C)c1. The minimum atomic E-state index is -4.35. The van der Waals surface area contributed by atoms with Gasteiger partial charge in [0.15, 0.2) is 0 Å². The minimum absolute atomic E-state index is 0.115. The molecule has 17 heavy (non-hydrogen) atoms. The number of carbonyl (C=O) groups is 1. The highest BCUT2D eigenvalue weighted by molar-refractivity contribution is 5.86. The van der Waals surface area contributed by atoms with Gasteiger partial charge in [0.25, 0.3) is 0 Å². The van der Waals surface area contributed by atoms with Gasteiger partial charge in [-0.15, -0.1) is 0 Å². The predicted octanol–water partition coefficient (Wildman–Crippen LogP) is 3.20. The zero-order chi connectivity index (χ0) is 13.1. The van der Waals surface area contributed by atoms with Crippen LogP contribution in [0.4, 0.5) is 13.2 Å². The van der Waals surface area contributed by atoms with E-state index < -0.39 is 17.7 Å². The lowest BCUT2D eigenvalue weighted by atomic mass is 10.0. The number of carbonyl (C=O) groups excluding carboxylic acids is 1. The average Bonchev–Trinajstić information content (AvgIpc) is 2.24. The van der Waals surface area contributed by atoms with Gasteiger partial charge >= 0.3 is 12.1 Å². The summed E-state index contributed by atoms with van der Waals surface area (Å²) in [4.78, 5) is 10.8. The quantitative estimate of drug-likeness (QED) is 0.590. The molecule has 0 aliphatic rings. The lowest BCUT2D eigenvalue weighted by molar-refractivity contribution is -0.138. The number of benzene rings is 1. The Balaban J connectivity index is 2.98. The van der Waals surface area contributed by atoms with Crippen molar-refractivity contribution in [3.63, 3.8) is 0 Å². The molecular weight excluding hydrogens is 233 g/mol. The maximum Gasteiger partial charge on any atom is 0.416 e. The number of hydrogen-bond acceptors (Lipinski definition) is 2. The largest absolute Gasteiger partial charge is 0.466 e. The second-order valence-electron chi connectivity index (χ2n) is 3.43. The third-order valence-corrected chi connectivity index (χ3v) is 2.17. The van der Waals surface area contributed by atoms with Crippen LogP contribution in [0.1, 0.15) is 16.7 Å². The molecule has 0 heterocycles. The first-order chi connectivity index (χ1) is 7.84. The molecule has 2 nitrogen and oxygen atoms in total. The molecule has 0 unspecified atom stereocenters. The monoisotopic (exact) mass is 244 g/mol. The van der Waals surface area contributed by atoms with E-state index >= 15 is 0 Å². The predicted molar refractivity (Wildman–Crippen MR) is 57.2 cm³/mol. The number of halogens is 3. The van der Waals surface area contributed by atoms with Gasteiger partial charge in [-0.05, 0) is 30.2 Å². The summed E-state index contributed by atoms with van der Waals surface area (Å²) in [6, 6.07) is 3.66. The molecule has 1 rings (SSSR count). The van der Waals surface area contributed by atoms with E-state index in [0.29, 0.717) is 5.56 Å². The Labute approximate surface area is 96.7 Å². The standard InChI is InChI=1S/C12H11F3O2/c1-8-7-9(4-6-11(16)17-2)3-5-10(8)12(13,14)15/h3-7H,1-2H3/b6-4+. The van der Waals surface area contributed by atoms with Crippen LogP contribution in [0.2, 0.25) is 0 Å². The fourth-order valence-corrected chi connectivity index (χ4v) is 1.34. The molecule has 5 heteroatoms. The summed E-state index contributed by atoms with van der Waals surface area (Å²) in [5.41, 5.74) is -0.0434. The summed E-state index contributed by atoms with van der Waals surface area (Å²) >= 11 is 0. The van der Waals surface area contributed by atoms with Crippen LogP contribution < -0.4 is 0 Å². The van der Waals surface area contributed by atoms with Gasteiger partial charge in [0.1, 0.15) is 0 Å². The number of esters is 1. The van der Waals surface area contributed by atoms with Crippen molar-refractivity contribution in [2.45, 2.75) is 13.1 Å². The number of rotatable bonds is 2. The van der Waals surface area contributed by atoms with E-state index in [2.05, 4.69) is 4.74 Å². The molecule has 1 aromatic rings. The molecule has 0 radical (unpaired) electrons. The van der Waals surface area contributed by atoms with Crippen LogP contribution in [0.5, 0.6) is 0 Å². The zero-order valence-electron chi connectivity index (χ0n) is 9.34. The Bertz CT molecular complexity index is 448. The van der Waals surface area contributed by atoms with Crippen molar-refractivity contribution in [2.75, 3.05) is 7.11 Å². The maximum atomic E-state index is 12.5. The van der Waals surface area contributed by atoms with Gasteiger partial charge in [-0.25, -0.2) is 4.79 Å². The molecule has 0 fully saturated rings. The van der Waals surface area contributed by atoms with Crippen molar-refractivity contribution in [1.82, 2.24) is 0 Å². The van der Waals surface area contributed by atoms with Crippen molar-refractivity contribution < 1.29 is 22.7 Å². The molecule has 0 saturated heterocycles. The Hall–Kier alpha value is -1.78. The second kappa shape index (κ2) is 5.03. The van der Waals surface area contributed by atoms with E-state index in [0.717, 1.165) is 12.1 Å². The Morgan fingerprint density at radius 3 is 2.47 bits per heavy atom. The highest BCUT2D eigenvalue weighted by Crippen LogP contribution is 2.32. The molecule has 0 aromatic heterocycles. The fraction of sp³-hybridized carbons (Fsp3) is 0.250. The zero-order valence-corrected chi connectivity index (χ0v) is 9.34. The van der Waals surface area contributed by atoms with Crippen LogP contribution in [0.15, 0.2) is 24.3 Å². The lowest BCUT2D eigenvalue weighted by Gasteiger charge is -2.10. The Kier molecular flexibility index (Phi) is 3.93. The van der Waals surface area contributed by atoms with E-state index in [4.69, 9.17) is 0 Å². The molecule has 1 aromatic carbocycles. The van der Waals surface area contributed by atoms with E-state index in [1.807, 2.05) is 0 Å². The number of alkyl halides is 3. The van der Waals surface area contributed by atoms with Gasteiger partial charge in [-0.1, -0.05) is 12.1 Å². The van der Waals surface area contributed by atoms with Crippen LogP contribution in [-0.2, 0) is 15.7 Å². The van der Waals surface area contributed by atoms with Gasteiger partial charge in [0, 0.05) is 6.08 Å². The summed E-state index contributed by atoms with van der Waals surface area (Å²) < 4.78 is 41.7. The minimum Gasteiger partial charge on any atom is -0.466 e. The van der Waals surface area contributed by atoms with Crippen LogP contribution >= 0.6 is 0 Å². The average molecular weight is 244 g/mol. The molecule has 0 saturated carbocycles. The Morgan fingerprint density at radius 1 is 1.35 bits per heavy atom. The van der Waals surface area contributed by atoms with Crippen molar-refractivity contribution in [1.29, 1.82) is 0 Å². The van der Waals surface area contributed by atoms with Gasteiger partial charge in [-0.3, -0.25) is 0 Å². The van der Waals surface area contributed by atoms with Crippen LogP contribution in [-0.4, -0.2) is 13.1 Å². The van der Waals surface area contributed by atoms with E-state index in [-0.39, 0.29) is 5.56 Å². The highest BCUT2D eigenvalue weighted by Gasteiger charge is 2.31. The van der Waals surface area contributed by atoms with Gasteiger partial charge in [0.2, 0.25) is 0 Å². The number of ether oxygens (including phenoxy) is 1. The maximum absolute atomic E-state index is 12.5. The summed E-state index contributed by atoms with van der Waals surface area (Å²) in [7, 11) is 1.23. The first-order valence-corrected chi connectivity index (χ1v) is 4.78. The van der Waals surface area contributed by atoms with Crippen LogP contribution in [0.25, 0.3) is 6.08 Å². The summed E-state index contributed by atoms with van der Waals surface area (Å²) in [5.74, 6) is -0.553. The first-order valence-electron chi connectivity index (χ1n) is 4.78. The van der Waals surface area contributed by atoms with Crippen LogP contribution in [0.3, 0.4) is 0 Å². The number of methoxy groups -OCH3 is 1. The second-order valence-corrected chi connectivity index (χ2v) is 3.43. The molecule has 0 amide bonds. The van der Waals surface area contributed by atoms with Crippen molar-refractivity contribution >= 4 is 12.0 Å². The summed E-state index contributed by atoms with van der Waals surface area (Å²) in [5, 5.41) is 0. The van der Waals surface area contributed by atoms with Gasteiger partial charge in [-0.2, -0.15) is 13.2 Å². The number of hydrogen-bond donors (Lipinski definition) is 0. The van der Waals surface area contributed by atoms with E-state index in [1.165, 1.54) is 32.2 Å². The summed E-state index contributed by atoms with van der Waals surface area (Å²) in [6.07, 6.45) is -1.80. The van der Waals surface area contributed by atoms with Gasteiger partial charge < -0.3 is 4.74 Å². The molecule has 0 N–H and O–H groups in total. The lowest BCUT2D eigenvalue weighted by Crippen LogP contribution is -2.07. The normalized spacial score (nSPS) is 11.8. The van der Waals surface area contributed by atoms with Crippen LogP contribution in [0, 0.1) is 6.92 Å². The summed E-state index contributed by atoms with van der Waals surface area (Å²) in [6.45, 7) is 1.37. The van der Waals surface area contributed by atoms with Crippen molar-refractivity contribution in [2.24, 2.45) is 0 Å². The Morgan fingerprint density at radius 2 is 2.00 bits per heavy atom.